The van der Waals surface area contributed by atoms with Gasteiger partial charge in [0.25, 0.3) is 11.3 Å². The van der Waals surface area contributed by atoms with E-state index in [1.54, 1.807) is 33.9 Å². The van der Waals surface area contributed by atoms with Gasteiger partial charge >= 0.3 is 0 Å². The second kappa shape index (κ2) is 6.54. The summed E-state index contributed by atoms with van der Waals surface area (Å²) < 4.78 is 3.24. The van der Waals surface area contributed by atoms with Crippen molar-refractivity contribution in [2.45, 2.75) is 6.54 Å². The number of pyridine rings is 2. The molecule has 0 unspecified atom stereocenters. The molecule has 4 heterocycles. The van der Waals surface area contributed by atoms with E-state index in [0.717, 1.165) is 11.1 Å². The summed E-state index contributed by atoms with van der Waals surface area (Å²) in [5, 5.41) is 5.67. The molecule has 0 aliphatic carbocycles. The Balaban J connectivity index is 1.62. The highest BCUT2D eigenvalue weighted by molar-refractivity contribution is 6.30. The molecule has 0 saturated carbocycles. The second-order valence-electron chi connectivity index (χ2n) is 6.32. The van der Waals surface area contributed by atoms with Crippen molar-refractivity contribution in [3.8, 4) is 11.4 Å². The molecule has 4 aromatic heterocycles. The van der Waals surface area contributed by atoms with E-state index in [1.807, 2.05) is 42.5 Å². The molecule has 5 aromatic rings. The average Bonchev–Trinajstić information content (AvgIpc) is 3.17. The van der Waals surface area contributed by atoms with Crippen LogP contribution in [0.15, 0.2) is 72.0 Å². The second-order valence-corrected chi connectivity index (χ2v) is 6.75. The number of hydrogen-bond donors (Lipinski definition) is 0. The number of hydrogen-bond acceptors (Lipinski definition) is 5. The highest BCUT2D eigenvalue weighted by Gasteiger charge is 2.12. The summed E-state index contributed by atoms with van der Waals surface area (Å²) in [4.78, 5) is 25.7. The number of halogens is 1. The molecular formula is C20H13ClN6O. The minimum Gasteiger partial charge on any atom is -0.310 e. The standard InChI is InChI=1S/C20H13ClN6O/c21-15-3-1-13(2-4-15)12-26-10-7-17-16(19(26)28)11-23-20-24-18(25-27(17)20)14-5-8-22-9-6-14/h1-11H,12H2. The molecule has 0 atom stereocenters. The van der Waals surface area contributed by atoms with Crippen LogP contribution in [-0.4, -0.2) is 29.1 Å². The molecule has 0 radical (unpaired) electrons. The third-order valence-corrected chi connectivity index (χ3v) is 4.76. The average molecular weight is 389 g/mol. The van der Waals surface area contributed by atoms with E-state index in [2.05, 4.69) is 20.1 Å². The molecule has 0 aliphatic heterocycles. The highest BCUT2D eigenvalue weighted by atomic mass is 35.5. The molecule has 0 fully saturated rings. The lowest BCUT2D eigenvalue weighted by molar-refractivity contribution is 0.765. The number of nitrogens with zero attached hydrogens (tertiary/aromatic N) is 6. The van der Waals surface area contributed by atoms with Crippen LogP contribution in [0.3, 0.4) is 0 Å². The molecule has 136 valence electrons. The van der Waals surface area contributed by atoms with Crippen LogP contribution in [0.25, 0.3) is 28.1 Å². The zero-order valence-electron chi connectivity index (χ0n) is 14.5. The largest absolute Gasteiger partial charge is 0.310 e. The highest BCUT2D eigenvalue weighted by Crippen LogP contribution is 2.17. The lowest BCUT2D eigenvalue weighted by Crippen LogP contribution is -2.21. The van der Waals surface area contributed by atoms with Crippen molar-refractivity contribution in [2.24, 2.45) is 0 Å². The first-order valence-corrected chi connectivity index (χ1v) is 8.96. The molecular weight excluding hydrogens is 376 g/mol. The Morgan fingerprint density at radius 2 is 1.79 bits per heavy atom. The van der Waals surface area contributed by atoms with Crippen molar-refractivity contribution in [3.63, 3.8) is 0 Å². The van der Waals surface area contributed by atoms with Gasteiger partial charge in [-0.15, -0.1) is 5.10 Å². The lowest BCUT2D eigenvalue weighted by atomic mass is 10.2. The van der Waals surface area contributed by atoms with Crippen LogP contribution >= 0.6 is 11.6 Å². The van der Waals surface area contributed by atoms with Crippen LogP contribution in [-0.2, 0) is 6.54 Å². The molecule has 7 nitrogen and oxygen atoms in total. The Morgan fingerprint density at radius 1 is 1.00 bits per heavy atom. The van der Waals surface area contributed by atoms with Crippen LogP contribution in [0, 0.1) is 0 Å². The molecule has 0 aliphatic rings. The molecule has 5 rings (SSSR count). The van der Waals surface area contributed by atoms with E-state index in [9.17, 15) is 4.79 Å². The van der Waals surface area contributed by atoms with Crippen molar-refractivity contribution in [1.82, 2.24) is 29.1 Å². The van der Waals surface area contributed by atoms with Gasteiger partial charge in [0, 0.05) is 35.4 Å². The first-order chi connectivity index (χ1) is 13.7. The predicted octanol–water partition coefficient (Wildman–Crippen LogP) is 3.20. The van der Waals surface area contributed by atoms with Gasteiger partial charge in [0.1, 0.15) is 0 Å². The van der Waals surface area contributed by atoms with Crippen molar-refractivity contribution in [3.05, 3.63) is 88.2 Å². The van der Waals surface area contributed by atoms with Gasteiger partial charge in [-0.05, 0) is 35.9 Å². The van der Waals surface area contributed by atoms with Gasteiger partial charge in [0.2, 0.25) is 0 Å². The maximum absolute atomic E-state index is 12.9. The summed E-state index contributed by atoms with van der Waals surface area (Å²) >= 11 is 5.93. The molecule has 0 spiro atoms. The number of fused-ring (bicyclic) bond motifs is 3. The fourth-order valence-electron chi connectivity index (χ4n) is 3.09. The minimum atomic E-state index is -0.136. The summed E-state index contributed by atoms with van der Waals surface area (Å²) in [5.74, 6) is 0.974. The zero-order chi connectivity index (χ0) is 19.1. The third kappa shape index (κ3) is 2.82. The predicted molar refractivity (Wildman–Crippen MR) is 106 cm³/mol. The topological polar surface area (TPSA) is 78.0 Å². The van der Waals surface area contributed by atoms with Gasteiger partial charge in [-0.1, -0.05) is 23.7 Å². The molecule has 0 amide bonds. The Kier molecular flexibility index (Phi) is 3.87. The fraction of sp³-hybridized carbons (Fsp3) is 0.0500. The summed E-state index contributed by atoms with van der Waals surface area (Å²) in [6, 6.07) is 12.9. The summed E-state index contributed by atoms with van der Waals surface area (Å²) in [5.41, 5.74) is 2.35. The third-order valence-electron chi connectivity index (χ3n) is 4.51. The maximum Gasteiger partial charge on any atom is 0.261 e. The van der Waals surface area contributed by atoms with Crippen LogP contribution in [0.2, 0.25) is 5.02 Å². The smallest absolute Gasteiger partial charge is 0.261 e. The Morgan fingerprint density at radius 3 is 2.57 bits per heavy atom. The van der Waals surface area contributed by atoms with Gasteiger partial charge < -0.3 is 4.57 Å². The molecule has 28 heavy (non-hydrogen) atoms. The van der Waals surface area contributed by atoms with E-state index in [4.69, 9.17) is 11.6 Å². The maximum atomic E-state index is 12.9. The van der Waals surface area contributed by atoms with Crippen LogP contribution in [0.5, 0.6) is 0 Å². The normalized spacial score (nSPS) is 11.3. The molecule has 0 N–H and O–H groups in total. The first kappa shape index (κ1) is 16.6. The summed E-state index contributed by atoms with van der Waals surface area (Å²) in [7, 11) is 0. The Bertz CT molecular complexity index is 1360. The summed E-state index contributed by atoms with van der Waals surface area (Å²) in [6.45, 7) is 0.448. The SMILES string of the molecule is O=c1c2cnc3nc(-c4ccncc4)nn3c2ccn1Cc1ccc(Cl)cc1. The fourth-order valence-corrected chi connectivity index (χ4v) is 3.22. The number of rotatable bonds is 3. The van der Waals surface area contributed by atoms with Crippen LogP contribution in [0.4, 0.5) is 0 Å². The van der Waals surface area contributed by atoms with Gasteiger partial charge in [-0.3, -0.25) is 9.78 Å². The number of aromatic nitrogens is 6. The molecule has 0 saturated heterocycles. The lowest BCUT2D eigenvalue weighted by Gasteiger charge is -2.08. The Labute approximate surface area is 163 Å². The van der Waals surface area contributed by atoms with Crippen LogP contribution < -0.4 is 5.56 Å². The van der Waals surface area contributed by atoms with Crippen molar-refractivity contribution < 1.29 is 0 Å². The van der Waals surface area contributed by atoms with E-state index < -0.39 is 0 Å². The van der Waals surface area contributed by atoms with Crippen LogP contribution in [0.1, 0.15) is 5.56 Å². The summed E-state index contributed by atoms with van der Waals surface area (Å²) in [6.07, 6.45) is 6.67. The monoisotopic (exact) mass is 388 g/mol. The van der Waals surface area contributed by atoms with Gasteiger partial charge in [0.15, 0.2) is 5.82 Å². The minimum absolute atomic E-state index is 0.136. The first-order valence-electron chi connectivity index (χ1n) is 8.59. The molecule has 1 aromatic carbocycles. The van der Waals surface area contributed by atoms with E-state index in [-0.39, 0.29) is 5.56 Å². The quantitative estimate of drug-likeness (QED) is 0.474. The van der Waals surface area contributed by atoms with E-state index in [0.29, 0.717) is 34.1 Å². The molecule has 0 bridgehead atoms. The molecule has 8 heteroatoms. The van der Waals surface area contributed by atoms with Crippen molar-refractivity contribution in [2.75, 3.05) is 0 Å². The Hall–Kier alpha value is -3.58. The van der Waals surface area contributed by atoms with E-state index >= 15 is 0 Å². The van der Waals surface area contributed by atoms with Gasteiger partial charge in [-0.25, -0.2) is 4.98 Å². The van der Waals surface area contributed by atoms with Gasteiger partial charge in [-0.2, -0.15) is 9.50 Å². The zero-order valence-corrected chi connectivity index (χ0v) is 15.3. The number of benzene rings is 1. The van der Waals surface area contributed by atoms with Crippen molar-refractivity contribution in [1.29, 1.82) is 0 Å². The van der Waals surface area contributed by atoms with Crippen molar-refractivity contribution >= 4 is 28.3 Å². The van der Waals surface area contributed by atoms with Gasteiger partial charge in [0.05, 0.1) is 17.4 Å². The van der Waals surface area contributed by atoms with E-state index in [1.165, 1.54) is 0 Å².